The fourth-order valence-electron chi connectivity index (χ4n) is 3.25. The average Bonchev–Trinajstić information content (AvgIpc) is 2.62. The minimum Gasteiger partial charge on any atom is -0.331 e. The zero-order chi connectivity index (χ0) is 13.4. The summed E-state index contributed by atoms with van der Waals surface area (Å²) in [6, 6.07) is 6.76. The van der Waals surface area contributed by atoms with Crippen LogP contribution in [0, 0.1) is 6.92 Å². The van der Waals surface area contributed by atoms with E-state index in [1.165, 1.54) is 5.56 Å². The van der Waals surface area contributed by atoms with Crippen molar-refractivity contribution < 1.29 is 4.79 Å². The Morgan fingerprint density at radius 3 is 2.80 bits per heavy atom. The maximum absolute atomic E-state index is 12.8. The molecule has 110 valence electrons. The molecule has 2 bridgehead atoms. The van der Waals surface area contributed by atoms with Gasteiger partial charge in [0.2, 0.25) is 0 Å². The molecule has 2 heterocycles. The van der Waals surface area contributed by atoms with Gasteiger partial charge in [-0.1, -0.05) is 6.07 Å². The Kier molecular flexibility index (Phi) is 5.10. The molecule has 0 aromatic heterocycles. The molecule has 1 aromatic carbocycles. The molecule has 3 rings (SSSR count). The topological polar surface area (TPSA) is 32.3 Å². The first-order valence-corrected chi connectivity index (χ1v) is 7.75. The zero-order valence-corrected chi connectivity index (χ0v) is 14.0. The van der Waals surface area contributed by atoms with E-state index in [4.69, 9.17) is 0 Å². The summed E-state index contributed by atoms with van der Waals surface area (Å²) in [4.78, 5) is 14.9. The molecule has 1 amide bonds. The standard InChI is InChI=1S/C15H19BrN2O.ClH/c1-10-2-5-13(14(16)8-10)15(19)18-11-3-4-12(18)9-17-7-6-11;/h2,5,8,11-12,17H,3-4,6-7,9H2,1H3;1H. The van der Waals surface area contributed by atoms with Crippen LogP contribution in [0.5, 0.6) is 0 Å². The molecule has 1 N–H and O–H groups in total. The summed E-state index contributed by atoms with van der Waals surface area (Å²) in [7, 11) is 0. The molecule has 2 saturated heterocycles. The van der Waals surface area contributed by atoms with E-state index in [0.717, 1.165) is 42.4 Å². The Morgan fingerprint density at radius 2 is 2.05 bits per heavy atom. The highest BCUT2D eigenvalue weighted by molar-refractivity contribution is 9.10. The predicted molar refractivity (Wildman–Crippen MR) is 86.6 cm³/mol. The molecule has 2 unspecified atom stereocenters. The van der Waals surface area contributed by atoms with E-state index in [1.807, 2.05) is 25.1 Å². The number of halogens is 2. The van der Waals surface area contributed by atoms with Gasteiger partial charge in [0, 0.05) is 23.1 Å². The van der Waals surface area contributed by atoms with Gasteiger partial charge in [-0.2, -0.15) is 0 Å². The first-order valence-electron chi connectivity index (χ1n) is 6.96. The van der Waals surface area contributed by atoms with Gasteiger partial charge in [-0.05, 0) is 66.4 Å². The number of hydrogen-bond donors (Lipinski definition) is 1. The molecule has 2 fully saturated rings. The van der Waals surface area contributed by atoms with E-state index in [-0.39, 0.29) is 18.3 Å². The van der Waals surface area contributed by atoms with Gasteiger partial charge in [0.15, 0.2) is 0 Å². The second-order valence-electron chi connectivity index (χ2n) is 5.57. The molecule has 1 aromatic rings. The van der Waals surface area contributed by atoms with Crippen LogP contribution < -0.4 is 5.32 Å². The third kappa shape index (κ3) is 2.87. The summed E-state index contributed by atoms with van der Waals surface area (Å²) in [5.41, 5.74) is 1.97. The first-order chi connectivity index (χ1) is 9.16. The van der Waals surface area contributed by atoms with Crippen LogP contribution in [-0.4, -0.2) is 36.0 Å². The zero-order valence-electron chi connectivity index (χ0n) is 11.6. The van der Waals surface area contributed by atoms with Gasteiger partial charge in [0.1, 0.15) is 0 Å². The molecule has 20 heavy (non-hydrogen) atoms. The van der Waals surface area contributed by atoms with E-state index in [2.05, 4.69) is 26.1 Å². The second kappa shape index (κ2) is 6.46. The van der Waals surface area contributed by atoms with Crippen LogP contribution in [-0.2, 0) is 0 Å². The molecule has 2 atom stereocenters. The van der Waals surface area contributed by atoms with Crippen molar-refractivity contribution in [2.75, 3.05) is 13.1 Å². The molecular weight excluding hydrogens is 340 g/mol. The Bertz CT molecular complexity index is 495. The number of fused-ring (bicyclic) bond motifs is 2. The van der Waals surface area contributed by atoms with E-state index in [0.29, 0.717) is 12.1 Å². The largest absolute Gasteiger partial charge is 0.331 e. The number of hydrogen-bond acceptors (Lipinski definition) is 2. The number of carbonyl (C=O) groups excluding carboxylic acids is 1. The summed E-state index contributed by atoms with van der Waals surface area (Å²) < 4.78 is 0.911. The molecule has 0 aliphatic carbocycles. The summed E-state index contributed by atoms with van der Waals surface area (Å²) >= 11 is 3.53. The minimum absolute atomic E-state index is 0. The fraction of sp³-hybridized carbons (Fsp3) is 0.533. The van der Waals surface area contributed by atoms with Crippen LogP contribution in [0.2, 0.25) is 0 Å². The van der Waals surface area contributed by atoms with Crippen LogP contribution >= 0.6 is 28.3 Å². The van der Waals surface area contributed by atoms with Crippen LogP contribution in [0.3, 0.4) is 0 Å². The van der Waals surface area contributed by atoms with Crippen LogP contribution in [0.25, 0.3) is 0 Å². The minimum atomic E-state index is 0. The highest BCUT2D eigenvalue weighted by Crippen LogP contribution is 2.31. The quantitative estimate of drug-likeness (QED) is 0.835. The monoisotopic (exact) mass is 358 g/mol. The Labute approximate surface area is 134 Å². The smallest absolute Gasteiger partial charge is 0.255 e. The van der Waals surface area contributed by atoms with Gasteiger partial charge in [-0.15, -0.1) is 12.4 Å². The number of nitrogens with zero attached hydrogens (tertiary/aromatic N) is 1. The van der Waals surface area contributed by atoms with Gasteiger partial charge in [0.25, 0.3) is 5.91 Å². The fourth-order valence-corrected chi connectivity index (χ4v) is 3.91. The summed E-state index contributed by atoms with van der Waals surface area (Å²) in [5.74, 6) is 0.183. The molecule has 0 saturated carbocycles. The second-order valence-corrected chi connectivity index (χ2v) is 6.43. The molecule has 3 nitrogen and oxygen atoms in total. The van der Waals surface area contributed by atoms with E-state index >= 15 is 0 Å². The number of carbonyl (C=O) groups is 1. The van der Waals surface area contributed by atoms with Crippen LogP contribution in [0.15, 0.2) is 22.7 Å². The van der Waals surface area contributed by atoms with Crippen molar-refractivity contribution in [2.45, 2.75) is 38.3 Å². The maximum Gasteiger partial charge on any atom is 0.255 e. The lowest BCUT2D eigenvalue weighted by atomic mass is 10.1. The van der Waals surface area contributed by atoms with Crippen LogP contribution in [0.1, 0.15) is 35.2 Å². The lowest BCUT2D eigenvalue weighted by Gasteiger charge is -2.28. The molecule has 5 heteroatoms. The summed E-state index contributed by atoms with van der Waals surface area (Å²) in [6.45, 7) is 4.00. The molecule has 0 spiro atoms. The van der Waals surface area contributed by atoms with Crippen molar-refractivity contribution in [3.8, 4) is 0 Å². The van der Waals surface area contributed by atoms with Gasteiger partial charge in [-0.3, -0.25) is 4.79 Å². The van der Waals surface area contributed by atoms with Crippen molar-refractivity contribution in [3.05, 3.63) is 33.8 Å². The molecule has 2 aliphatic rings. The average molecular weight is 360 g/mol. The molecule has 2 aliphatic heterocycles. The SMILES string of the molecule is Cc1ccc(C(=O)N2C3CCNCC2CC3)c(Br)c1.Cl. The maximum atomic E-state index is 12.8. The lowest BCUT2D eigenvalue weighted by Crippen LogP contribution is -2.42. The predicted octanol–water partition coefficient (Wildman–Crippen LogP) is 3.15. The number of rotatable bonds is 1. The van der Waals surface area contributed by atoms with Crippen molar-refractivity contribution in [1.29, 1.82) is 0 Å². The number of amides is 1. The van der Waals surface area contributed by atoms with Crippen molar-refractivity contribution in [1.82, 2.24) is 10.2 Å². The van der Waals surface area contributed by atoms with Crippen LogP contribution in [0.4, 0.5) is 0 Å². The Morgan fingerprint density at radius 1 is 1.30 bits per heavy atom. The van der Waals surface area contributed by atoms with Gasteiger partial charge in [-0.25, -0.2) is 0 Å². The normalized spacial score (nSPS) is 25.0. The number of benzene rings is 1. The lowest BCUT2D eigenvalue weighted by molar-refractivity contribution is 0.0679. The molecule has 0 radical (unpaired) electrons. The first kappa shape index (κ1) is 15.8. The summed E-state index contributed by atoms with van der Waals surface area (Å²) in [5, 5.41) is 3.43. The third-order valence-corrected chi connectivity index (χ3v) is 4.90. The Hall–Kier alpha value is -0.580. The van der Waals surface area contributed by atoms with Crippen molar-refractivity contribution in [2.24, 2.45) is 0 Å². The van der Waals surface area contributed by atoms with Crippen molar-refractivity contribution >= 4 is 34.2 Å². The Balaban J connectivity index is 0.00000147. The third-order valence-electron chi connectivity index (χ3n) is 4.24. The molecular formula is C15H20BrClN2O. The van der Waals surface area contributed by atoms with Gasteiger partial charge < -0.3 is 10.2 Å². The van der Waals surface area contributed by atoms with Crippen molar-refractivity contribution in [3.63, 3.8) is 0 Å². The van der Waals surface area contributed by atoms with E-state index in [9.17, 15) is 4.79 Å². The van der Waals surface area contributed by atoms with E-state index in [1.54, 1.807) is 0 Å². The highest BCUT2D eigenvalue weighted by atomic mass is 79.9. The highest BCUT2D eigenvalue weighted by Gasteiger charge is 2.38. The number of aryl methyl sites for hydroxylation is 1. The van der Waals surface area contributed by atoms with Gasteiger partial charge >= 0.3 is 0 Å². The summed E-state index contributed by atoms with van der Waals surface area (Å²) in [6.07, 6.45) is 3.36. The van der Waals surface area contributed by atoms with Gasteiger partial charge in [0.05, 0.1) is 5.56 Å². The number of nitrogens with one attached hydrogen (secondary N) is 1. The van der Waals surface area contributed by atoms with E-state index < -0.39 is 0 Å².